The molecule has 0 radical (unpaired) electrons. The molecule has 0 saturated carbocycles. The number of methoxy groups -OCH3 is 1. The van der Waals surface area contributed by atoms with E-state index in [2.05, 4.69) is 4.74 Å². The predicted octanol–water partition coefficient (Wildman–Crippen LogP) is 1.63. The van der Waals surface area contributed by atoms with Crippen molar-refractivity contribution in [1.29, 1.82) is 0 Å². The molecule has 1 rings (SSSR count). The molecule has 2 N–H and O–H groups in total. The second kappa shape index (κ2) is 4.40. The van der Waals surface area contributed by atoms with Crippen LogP contribution in [0.2, 0.25) is 0 Å². The highest BCUT2D eigenvalue weighted by atomic mass is 16.6. The highest BCUT2D eigenvalue weighted by Crippen LogP contribution is 2.30. The van der Waals surface area contributed by atoms with E-state index < -0.39 is 16.3 Å². The van der Waals surface area contributed by atoms with E-state index in [0.29, 0.717) is 5.56 Å². The van der Waals surface area contributed by atoms with Gasteiger partial charge >= 0.3 is 5.97 Å². The van der Waals surface area contributed by atoms with Gasteiger partial charge in [0.05, 0.1) is 17.4 Å². The summed E-state index contributed by atoms with van der Waals surface area (Å²) in [5.74, 6) is -0.462. The molecule has 0 heterocycles. The first-order valence-corrected chi connectivity index (χ1v) is 4.93. The van der Waals surface area contributed by atoms with Gasteiger partial charge in [-0.3, -0.25) is 14.9 Å². The minimum Gasteiger partial charge on any atom is -0.468 e. The summed E-state index contributed by atoms with van der Waals surface area (Å²) in [4.78, 5) is 21.7. The van der Waals surface area contributed by atoms with Crippen LogP contribution >= 0.6 is 0 Å². The third kappa shape index (κ3) is 2.35. The second-order valence-corrected chi connectivity index (χ2v) is 4.15. The highest BCUT2D eigenvalue weighted by Gasteiger charge is 2.32. The fourth-order valence-corrected chi connectivity index (χ4v) is 1.46. The molecule has 0 aliphatic rings. The van der Waals surface area contributed by atoms with Crippen LogP contribution < -0.4 is 5.73 Å². The smallest absolute Gasteiger partial charge is 0.315 e. The van der Waals surface area contributed by atoms with Crippen LogP contribution in [0.1, 0.15) is 19.4 Å². The van der Waals surface area contributed by atoms with Gasteiger partial charge in [0.2, 0.25) is 0 Å². The number of benzene rings is 1. The van der Waals surface area contributed by atoms with E-state index in [-0.39, 0.29) is 11.4 Å². The minimum atomic E-state index is -0.951. The molecule has 17 heavy (non-hydrogen) atoms. The number of esters is 1. The largest absolute Gasteiger partial charge is 0.468 e. The van der Waals surface area contributed by atoms with Crippen molar-refractivity contribution in [1.82, 2.24) is 0 Å². The summed E-state index contributed by atoms with van der Waals surface area (Å²) in [5.41, 5.74) is 4.88. The van der Waals surface area contributed by atoms with Crippen LogP contribution in [-0.4, -0.2) is 18.0 Å². The number of hydrogen-bond donors (Lipinski definition) is 1. The molecule has 0 atom stereocenters. The van der Waals surface area contributed by atoms with Gasteiger partial charge in [-0.25, -0.2) is 0 Å². The molecule has 92 valence electrons. The summed E-state index contributed by atoms with van der Waals surface area (Å²) in [6, 6.07) is 4.30. The number of ether oxygens (including phenoxy) is 1. The summed E-state index contributed by atoms with van der Waals surface area (Å²) in [6.45, 7) is 3.27. The van der Waals surface area contributed by atoms with Crippen molar-refractivity contribution in [2.45, 2.75) is 19.3 Å². The molecule has 0 unspecified atom stereocenters. The molecule has 6 heteroatoms. The van der Waals surface area contributed by atoms with E-state index in [0.717, 1.165) is 0 Å². The lowest BCUT2D eigenvalue weighted by Gasteiger charge is -2.21. The van der Waals surface area contributed by atoms with E-state index in [1.807, 2.05) is 0 Å². The molecular weight excluding hydrogens is 224 g/mol. The Labute approximate surface area is 98.5 Å². The zero-order chi connectivity index (χ0) is 13.2. The van der Waals surface area contributed by atoms with Crippen molar-refractivity contribution >= 4 is 17.3 Å². The van der Waals surface area contributed by atoms with E-state index in [1.165, 1.54) is 19.2 Å². The van der Waals surface area contributed by atoms with Crippen LogP contribution in [0.15, 0.2) is 18.2 Å². The monoisotopic (exact) mass is 238 g/mol. The lowest BCUT2D eigenvalue weighted by Crippen LogP contribution is -2.30. The molecule has 0 saturated heterocycles. The maximum atomic E-state index is 11.6. The molecule has 0 aliphatic heterocycles. The van der Waals surface area contributed by atoms with Crippen LogP contribution in [0, 0.1) is 10.1 Å². The number of carbonyl (C=O) groups is 1. The molecular formula is C11H14N2O4. The number of rotatable bonds is 3. The summed E-state index contributed by atoms with van der Waals surface area (Å²) < 4.78 is 4.66. The number of nitrogens with two attached hydrogens (primary N) is 1. The van der Waals surface area contributed by atoms with Crippen LogP contribution in [0.25, 0.3) is 0 Å². The molecule has 0 fully saturated rings. The van der Waals surface area contributed by atoms with Crippen molar-refractivity contribution in [3.8, 4) is 0 Å². The first-order valence-electron chi connectivity index (χ1n) is 4.93. The topological polar surface area (TPSA) is 95.5 Å². The van der Waals surface area contributed by atoms with Gasteiger partial charge in [-0.2, -0.15) is 0 Å². The van der Waals surface area contributed by atoms with Crippen molar-refractivity contribution in [3.05, 3.63) is 33.9 Å². The maximum Gasteiger partial charge on any atom is 0.315 e. The van der Waals surface area contributed by atoms with Crippen molar-refractivity contribution in [3.63, 3.8) is 0 Å². The Balaban J connectivity index is 3.29. The Hall–Kier alpha value is -2.11. The molecule has 0 aromatic heterocycles. The maximum absolute atomic E-state index is 11.6. The first kappa shape index (κ1) is 13.0. The van der Waals surface area contributed by atoms with E-state index in [1.54, 1.807) is 19.9 Å². The zero-order valence-corrected chi connectivity index (χ0v) is 9.89. The van der Waals surface area contributed by atoms with Gasteiger partial charge in [-0.15, -0.1) is 0 Å². The summed E-state index contributed by atoms with van der Waals surface area (Å²) >= 11 is 0. The average molecular weight is 238 g/mol. The van der Waals surface area contributed by atoms with Gasteiger partial charge in [-0.05, 0) is 25.5 Å². The highest BCUT2D eigenvalue weighted by molar-refractivity contribution is 5.82. The summed E-state index contributed by atoms with van der Waals surface area (Å²) in [6.07, 6.45) is 0. The fourth-order valence-electron chi connectivity index (χ4n) is 1.46. The van der Waals surface area contributed by atoms with Gasteiger partial charge in [0, 0.05) is 6.07 Å². The number of carbonyl (C=O) groups excluding carboxylic acids is 1. The molecule has 6 nitrogen and oxygen atoms in total. The number of anilines is 1. The SMILES string of the molecule is COC(=O)C(C)(C)c1ccc(N)c([N+](=O)[O-])c1. The van der Waals surface area contributed by atoms with Gasteiger partial charge in [-0.1, -0.05) is 6.07 Å². The first-order chi connectivity index (χ1) is 7.80. The molecule has 0 aliphatic carbocycles. The van der Waals surface area contributed by atoms with Gasteiger partial charge < -0.3 is 10.5 Å². The Bertz CT molecular complexity index is 469. The third-order valence-electron chi connectivity index (χ3n) is 2.64. The van der Waals surface area contributed by atoms with Crippen LogP contribution in [0.5, 0.6) is 0 Å². The average Bonchev–Trinajstić information content (AvgIpc) is 2.27. The number of nitro benzene ring substituents is 1. The lowest BCUT2D eigenvalue weighted by atomic mass is 9.84. The Morgan fingerprint density at radius 3 is 2.53 bits per heavy atom. The quantitative estimate of drug-likeness (QED) is 0.373. The predicted molar refractivity (Wildman–Crippen MR) is 62.6 cm³/mol. The van der Waals surface area contributed by atoms with Crippen molar-refractivity contribution in [2.24, 2.45) is 0 Å². The van der Waals surface area contributed by atoms with Gasteiger partial charge in [0.15, 0.2) is 0 Å². The third-order valence-corrected chi connectivity index (χ3v) is 2.64. The van der Waals surface area contributed by atoms with Crippen LogP contribution in [0.3, 0.4) is 0 Å². The molecule has 1 aromatic rings. The van der Waals surface area contributed by atoms with Crippen molar-refractivity contribution in [2.75, 3.05) is 12.8 Å². The molecule has 0 spiro atoms. The number of hydrogen-bond acceptors (Lipinski definition) is 5. The summed E-state index contributed by atoms with van der Waals surface area (Å²) in [5, 5.41) is 10.7. The van der Waals surface area contributed by atoms with E-state index in [9.17, 15) is 14.9 Å². The van der Waals surface area contributed by atoms with E-state index >= 15 is 0 Å². The molecule has 0 bridgehead atoms. The van der Waals surface area contributed by atoms with E-state index in [4.69, 9.17) is 5.73 Å². The summed E-state index contributed by atoms with van der Waals surface area (Å²) in [7, 11) is 1.27. The number of nitro groups is 1. The van der Waals surface area contributed by atoms with Crippen LogP contribution in [-0.2, 0) is 14.9 Å². The Morgan fingerprint density at radius 1 is 1.47 bits per heavy atom. The zero-order valence-electron chi connectivity index (χ0n) is 9.89. The van der Waals surface area contributed by atoms with Gasteiger partial charge in [0.25, 0.3) is 5.69 Å². The molecule has 0 amide bonds. The number of nitrogen functional groups attached to an aromatic ring is 1. The number of nitrogens with zero attached hydrogens (tertiary/aromatic N) is 1. The lowest BCUT2D eigenvalue weighted by molar-refractivity contribution is -0.384. The van der Waals surface area contributed by atoms with Crippen LogP contribution in [0.4, 0.5) is 11.4 Å². The Morgan fingerprint density at radius 2 is 2.06 bits per heavy atom. The van der Waals surface area contributed by atoms with Gasteiger partial charge in [0.1, 0.15) is 5.69 Å². The molecule has 1 aromatic carbocycles. The normalized spacial score (nSPS) is 11.0. The standard InChI is InChI=1S/C11H14N2O4/c1-11(2,10(14)17-3)7-4-5-8(12)9(6-7)13(15)16/h4-6H,12H2,1-3H3. The minimum absolute atomic E-state index is 0.0689. The Kier molecular flexibility index (Phi) is 3.36. The fraction of sp³-hybridized carbons (Fsp3) is 0.364. The second-order valence-electron chi connectivity index (χ2n) is 4.15. The van der Waals surface area contributed by atoms with Crippen molar-refractivity contribution < 1.29 is 14.5 Å².